The highest BCUT2D eigenvalue weighted by Gasteiger charge is 2.46. The summed E-state index contributed by atoms with van der Waals surface area (Å²) in [6.07, 6.45) is 39.2. The number of rotatable bonds is 36. The number of carbonyl (C=O) groups is 2. The number of allylic oxidation sites excluding steroid dienone is 14. The van der Waals surface area contributed by atoms with E-state index < -0.39 is 71.2 Å². The first kappa shape index (κ1) is 55.8. The third-order valence-corrected chi connectivity index (χ3v) is 10.6. The lowest BCUT2D eigenvalue weighted by molar-refractivity contribution is -0.297. The van der Waals surface area contributed by atoms with Crippen LogP contribution in [-0.4, -0.2) is 96.0 Å². The molecule has 0 aromatic carbocycles. The highest BCUT2D eigenvalue weighted by Crippen LogP contribution is 2.24. The van der Waals surface area contributed by atoms with Gasteiger partial charge in [0.2, 0.25) is 0 Å². The van der Waals surface area contributed by atoms with Gasteiger partial charge in [-0.3, -0.25) is 14.1 Å². The first-order valence-electron chi connectivity index (χ1n) is 22.7. The van der Waals surface area contributed by atoms with Crippen molar-refractivity contribution in [3.63, 3.8) is 0 Å². The number of hydrogen-bond acceptors (Lipinski definition) is 11. The van der Waals surface area contributed by atoms with Gasteiger partial charge in [-0.25, -0.2) is 0 Å². The molecular formula is C48H78O12S. The van der Waals surface area contributed by atoms with E-state index in [2.05, 4.69) is 62.5 Å². The molecule has 1 aliphatic heterocycles. The number of carbonyl (C=O) groups excluding carboxylic acids is 2. The molecule has 1 heterocycles. The molecule has 1 aliphatic rings. The summed E-state index contributed by atoms with van der Waals surface area (Å²) < 4.78 is 54.0. The highest BCUT2D eigenvalue weighted by molar-refractivity contribution is 7.85. The third kappa shape index (κ3) is 32.2. The van der Waals surface area contributed by atoms with Crippen molar-refractivity contribution in [2.24, 2.45) is 0 Å². The molecule has 4 N–H and O–H groups in total. The van der Waals surface area contributed by atoms with Crippen molar-refractivity contribution in [1.29, 1.82) is 0 Å². The Labute approximate surface area is 367 Å². The predicted octanol–water partition coefficient (Wildman–Crippen LogP) is 9.28. The van der Waals surface area contributed by atoms with Crippen LogP contribution in [0.1, 0.15) is 149 Å². The molecule has 0 radical (unpaired) electrons. The lowest BCUT2D eigenvalue weighted by atomic mass is 10.00. The molecule has 0 amide bonds. The highest BCUT2D eigenvalue weighted by atomic mass is 32.2. The van der Waals surface area contributed by atoms with Crippen LogP contribution in [0.2, 0.25) is 0 Å². The normalized spacial score (nSPS) is 20.8. The second-order valence-corrected chi connectivity index (χ2v) is 16.9. The monoisotopic (exact) mass is 879 g/mol. The zero-order valence-corrected chi connectivity index (χ0v) is 37.8. The number of esters is 2. The Morgan fingerprint density at radius 3 is 1.67 bits per heavy atom. The van der Waals surface area contributed by atoms with E-state index in [1.54, 1.807) is 0 Å². The van der Waals surface area contributed by atoms with Gasteiger partial charge in [0.1, 0.15) is 36.8 Å². The van der Waals surface area contributed by atoms with Gasteiger partial charge in [0.25, 0.3) is 10.1 Å². The van der Waals surface area contributed by atoms with Crippen molar-refractivity contribution in [2.75, 3.05) is 19.0 Å². The quantitative estimate of drug-likeness (QED) is 0.0154. The van der Waals surface area contributed by atoms with E-state index in [9.17, 15) is 37.9 Å². The van der Waals surface area contributed by atoms with Crippen LogP contribution in [0, 0.1) is 0 Å². The van der Waals surface area contributed by atoms with Crippen molar-refractivity contribution in [1.82, 2.24) is 0 Å². The molecule has 1 fully saturated rings. The molecule has 0 bridgehead atoms. The SMILES string of the molecule is CC/C=C/C=C/C=C/C=C/CCCCCC(=O)OC(COC(=O)CCCCCCCCCCCC/C=C/C/C=C/C/C=C/CC)CO[C@H]1O[C@H](CS(=O)(=O)O)[C@@H](O)C(O)C1O. The van der Waals surface area contributed by atoms with E-state index in [-0.39, 0.29) is 19.4 Å². The van der Waals surface area contributed by atoms with Crippen molar-refractivity contribution in [3.8, 4) is 0 Å². The van der Waals surface area contributed by atoms with Gasteiger partial charge in [0.05, 0.1) is 6.61 Å². The minimum absolute atomic E-state index is 0.113. The molecule has 0 aromatic rings. The summed E-state index contributed by atoms with van der Waals surface area (Å²) in [5.74, 6) is -2.05. The first-order chi connectivity index (χ1) is 29.5. The summed E-state index contributed by atoms with van der Waals surface area (Å²) in [6, 6.07) is 0. The molecule has 0 spiro atoms. The van der Waals surface area contributed by atoms with E-state index in [4.69, 9.17) is 18.9 Å². The van der Waals surface area contributed by atoms with Crippen LogP contribution in [0.15, 0.2) is 85.1 Å². The van der Waals surface area contributed by atoms with Crippen molar-refractivity contribution >= 4 is 22.1 Å². The largest absolute Gasteiger partial charge is 0.462 e. The average Bonchev–Trinajstić information content (AvgIpc) is 3.22. The zero-order chi connectivity index (χ0) is 44.8. The fourth-order valence-corrected chi connectivity index (χ4v) is 7.04. The maximum absolute atomic E-state index is 12.8. The number of unbranched alkanes of at least 4 members (excludes halogenated alkanes) is 13. The molecule has 348 valence electrons. The molecule has 0 aromatic heterocycles. The Morgan fingerprint density at radius 2 is 1.07 bits per heavy atom. The fourth-order valence-electron chi connectivity index (χ4n) is 6.35. The Morgan fingerprint density at radius 1 is 0.574 bits per heavy atom. The van der Waals surface area contributed by atoms with Gasteiger partial charge in [-0.1, -0.05) is 157 Å². The number of aliphatic hydroxyl groups is 3. The third-order valence-electron chi connectivity index (χ3n) is 9.81. The first-order valence-corrected chi connectivity index (χ1v) is 24.3. The van der Waals surface area contributed by atoms with Gasteiger partial charge in [-0.05, 0) is 64.2 Å². The maximum atomic E-state index is 12.8. The molecule has 13 heteroatoms. The molecule has 6 atom stereocenters. The molecule has 0 saturated carbocycles. The fraction of sp³-hybridized carbons (Fsp3) is 0.667. The Balaban J connectivity index is 2.43. The van der Waals surface area contributed by atoms with Crippen molar-refractivity contribution < 1.29 is 56.8 Å². The Hall–Kier alpha value is -3.17. The maximum Gasteiger partial charge on any atom is 0.306 e. The molecule has 1 saturated heterocycles. The van der Waals surface area contributed by atoms with Gasteiger partial charge in [0.15, 0.2) is 12.4 Å². The molecule has 3 unspecified atom stereocenters. The standard InChI is InChI=1S/C48H78O12S/c1-3-5-7-9-11-13-15-17-18-19-20-21-22-23-25-26-28-30-32-34-36-43(49)57-38-41(39-58-48-47(53)46(52)45(51)42(60-48)40-61(54,55)56)59-44(50)37-35-33-31-29-27-24-16-14-12-10-8-6-4-2/h5-8,10-14,16-18,24,27,41-42,45-48,51-53H,3-4,9,15,19-23,25-26,28-40H2,1-2H3,(H,54,55,56)/b7-5+,8-6+,12-10+,13-11+,16-14+,18-17+,27-24+/t41?,42-,45-,46?,47?,48+/m1/s1. The van der Waals surface area contributed by atoms with E-state index in [0.29, 0.717) is 12.8 Å². The van der Waals surface area contributed by atoms with Gasteiger partial charge in [-0.2, -0.15) is 8.42 Å². The van der Waals surface area contributed by atoms with Crippen LogP contribution >= 0.6 is 0 Å². The van der Waals surface area contributed by atoms with E-state index in [1.165, 1.54) is 38.5 Å². The molecule has 61 heavy (non-hydrogen) atoms. The van der Waals surface area contributed by atoms with Gasteiger partial charge >= 0.3 is 11.9 Å². The van der Waals surface area contributed by atoms with Crippen LogP contribution in [0.4, 0.5) is 0 Å². The molecule has 1 rings (SSSR count). The predicted molar refractivity (Wildman–Crippen MR) is 242 cm³/mol. The Kier molecular flexibility index (Phi) is 34.2. The van der Waals surface area contributed by atoms with Gasteiger partial charge in [-0.15, -0.1) is 0 Å². The summed E-state index contributed by atoms with van der Waals surface area (Å²) in [5, 5.41) is 30.9. The molecule has 0 aliphatic carbocycles. The summed E-state index contributed by atoms with van der Waals surface area (Å²) in [6.45, 7) is 3.46. The lowest BCUT2D eigenvalue weighted by Gasteiger charge is -2.40. The average molecular weight is 879 g/mol. The van der Waals surface area contributed by atoms with Crippen LogP contribution in [0.25, 0.3) is 0 Å². The minimum atomic E-state index is -4.61. The smallest absolute Gasteiger partial charge is 0.306 e. The van der Waals surface area contributed by atoms with E-state index in [1.807, 2.05) is 36.5 Å². The second kappa shape index (κ2) is 37.4. The van der Waals surface area contributed by atoms with E-state index in [0.717, 1.165) is 70.6 Å². The topological polar surface area (TPSA) is 186 Å². The van der Waals surface area contributed by atoms with Crippen LogP contribution in [0.5, 0.6) is 0 Å². The molecule has 12 nitrogen and oxygen atoms in total. The second-order valence-electron chi connectivity index (χ2n) is 15.4. The van der Waals surface area contributed by atoms with Gasteiger partial charge in [0, 0.05) is 12.8 Å². The summed E-state index contributed by atoms with van der Waals surface area (Å²) in [4.78, 5) is 25.4. The van der Waals surface area contributed by atoms with E-state index >= 15 is 0 Å². The lowest BCUT2D eigenvalue weighted by Crippen LogP contribution is -2.60. The van der Waals surface area contributed by atoms with Gasteiger partial charge < -0.3 is 34.3 Å². The summed E-state index contributed by atoms with van der Waals surface area (Å²) in [5.41, 5.74) is 0. The summed E-state index contributed by atoms with van der Waals surface area (Å²) in [7, 11) is -4.61. The van der Waals surface area contributed by atoms with Crippen LogP contribution in [0.3, 0.4) is 0 Å². The Bertz CT molecular complexity index is 1450. The van der Waals surface area contributed by atoms with Crippen LogP contribution < -0.4 is 0 Å². The zero-order valence-electron chi connectivity index (χ0n) is 37.0. The number of aliphatic hydroxyl groups excluding tert-OH is 3. The number of hydrogen-bond donors (Lipinski definition) is 4. The van der Waals surface area contributed by atoms with Crippen molar-refractivity contribution in [2.45, 2.75) is 185 Å². The summed E-state index contributed by atoms with van der Waals surface area (Å²) >= 11 is 0. The minimum Gasteiger partial charge on any atom is -0.462 e. The van der Waals surface area contributed by atoms with Crippen molar-refractivity contribution in [3.05, 3.63) is 85.1 Å². The molecular weight excluding hydrogens is 801 g/mol. The number of ether oxygens (including phenoxy) is 4. The van der Waals surface area contributed by atoms with Crippen LogP contribution in [-0.2, 0) is 38.7 Å².